The number of rotatable bonds is 4. The van der Waals surface area contributed by atoms with Crippen molar-refractivity contribution in [3.05, 3.63) is 71.8 Å². The van der Waals surface area contributed by atoms with Crippen LogP contribution in [-0.4, -0.2) is 33.8 Å². The predicted molar refractivity (Wildman–Crippen MR) is 99.9 cm³/mol. The first kappa shape index (κ1) is 18.2. The summed E-state index contributed by atoms with van der Waals surface area (Å²) in [5.41, 5.74) is 7.70. The zero-order valence-electron chi connectivity index (χ0n) is 14.5. The van der Waals surface area contributed by atoms with Gasteiger partial charge in [-0.25, -0.2) is 0 Å². The van der Waals surface area contributed by atoms with Gasteiger partial charge < -0.3 is 21.1 Å². The zero-order valence-corrected chi connectivity index (χ0v) is 14.5. The van der Waals surface area contributed by atoms with Gasteiger partial charge in [0.25, 0.3) is 5.91 Å². The van der Waals surface area contributed by atoms with E-state index in [0.29, 0.717) is 12.1 Å². The van der Waals surface area contributed by atoms with Crippen molar-refractivity contribution in [3.63, 3.8) is 0 Å². The van der Waals surface area contributed by atoms with Crippen LogP contribution in [0.3, 0.4) is 0 Å². The van der Waals surface area contributed by atoms with Crippen molar-refractivity contribution in [2.24, 2.45) is 5.73 Å². The summed E-state index contributed by atoms with van der Waals surface area (Å²) in [6.45, 7) is 3.57. The average Bonchev–Trinajstić information content (AvgIpc) is 2.67. The topological polar surface area (TPSA) is 113 Å². The van der Waals surface area contributed by atoms with Gasteiger partial charge in [-0.3, -0.25) is 14.4 Å². The normalized spacial score (nSPS) is 15.6. The molecule has 3 rings (SSSR count). The summed E-state index contributed by atoms with van der Waals surface area (Å²) in [6, 6.07) is 10.8. The number of carbonyl (C=O) groups is 3. The number of anilines is 1. The molecule has 1 heterocycles. The minimum Gasteiger partial charge on any atom is -0.507 e. The van der Waals surface area contributed by atoms with E-state index in [2.05, 4.69) is 11.9 Å². The number of aromatic hydroxyl groups is 1. The molecule has 1 aliphatic rings. The van der Waals surface area contributed by atoms with Crippen LogP contribution in [0.5, 0.6) is 5.75 Å². The largest absolute Gasteiger partial charge is 0.507 e. The molecule has 0 aromatic heterocycles. The van der Waals surface area contributed by atoms with E-state index in [0.717, 1.165) is 17.2 Å². The van der Waals surface area contributed by atoms with E-state index in [1.165, 1.54) is 23.1 Å². The molecule has 1 atom stereocenters. The quantitative estimate of drug-likeness (QED) is 0.564. The van der Waals surface area contributed by atoms with Crippen molar-refractivity contribution in [1.29, 1.82) is 0 Å². The first-order valence-electron chi connectivity index (χ1n) is 8.34. The highest BCUT2D eigenvalue weighted by atomic mass is 16.3. The van der Waals surface area contributed by atoms with Crippen LogP contribution in [0.2, 0.25) is 0 Å². The van der Waals surface area contributed by atoms with E-state index in [4.69, 9.17) is 5.73 Å². The number of amides is 3. The highest BCUT2D eigenvalue weighted by Gasteiger charge is 2.34. The molecule has 0 fully saturated rings. The lowest BCUT2D eigenvalue weighted by molar-refractivity contribution is -0.123. The van der Waals surface area contributed by atoms with Crippen molar-refractivity contribution in [2.45, 2.75) is 19.0 Å². The third kappa shape index (κ3) is 3.67. The lowest BCUT2D eigenvalue weighted by atomic mass is 9.93. The van der Waals surface area contributed by atoms with Gasteiger partial charge in [-0.15, -0.1) is 0 Å². The lowest BCUT2D eigenvalue weighted by Crippen LogP contribution is -2.51. The van der Waals surface area contributed by atoms with Crippen LogP contribution in [0.1, 0.15) is 21.5 Å². The Bertz CT molecular complexity index is 939. The molecule has 0 radical (unpaired) electrons. The number of carbonyl (C=O) groups excluding carboxylic acids is 3. The number of phenolic OH excluding ortho intramolecular Hbond substituents is 1. The minimum absolute atomic E-state index is 0.0255. The van der Waals surface area contributed by atoms with Crippen LogP contribution in [0, 0.1) is 0 Å². The number of hydrogen-bond donors (Lipinski definition) is 3. The molecule has 2 aromatic rings. The monoisotopic (exact) mass is 365 g/mol. The summed E-state index contributed by atoms with van der Waals surface area (Å²) in [5, 5.41) is 12.7. The van der Waals surface area contributed by atoms with Crippen LogP contribution >= 0.6 is 0 Å². The first-order valence-corrected chi connectivity index (χ1v) is 8.34. The van der Waals surface area contributed by atoms with Crippen molar-refractivity contribution in [2.75, 3.05) is 5.32 Å². The second kappa shape index (κ2) is 7.33. The number of primary amides is 1. The summed E-state index contributed by atoms with van der Waals surface area (Å²) < 4.78 is 0. The average molecular weight is 365 g/mol. The maximum Gasteiger partial charge on any atom is 0.258 e. The summed E-state index contributed by atoms with van der Waals surface area (Å²) in [4.78, 5) is 37.8. The molecule has 138 valence electrons. The van der Waals surface area contributed by atoms with E-state index >= 15 is 0 Å². The summed E-state index contributed by atoms with van der Waals surface area (Å²) in [6.07, 6.45) is 1.41. The highest BCUT2D eigenvalue weighted by molar-refractivity contribution is 6.03. The number of phenols is 1. The maximum absolute atomic E-state index is 13.1. The number of nitrogens with zero attached hydrogens (tertiary/aromatic N) is 1. The molecule has 0 saturated carbocycles. The molecule has 0 bridgehead atoms. The Hall–Kier alpha value is -3.61. The van der Waals surface area contributed by atoms with Crippen molar-refractivity contribution < 1.29 is 19.5 Å². The summed E-state index contributed by atoms with van der Waals surface area (Å²) >= 11 is 0. The summed E-state index contributed by atoms with van der Waals surface area (Å²) in [5.74, 6) is -1.85. The Kier molecular flexibility index (Phi) is 4.94. The van der Waals surface area contributed by atoms with Crippen molar-refractivity contribution in [1.82, 2.24) is 4.90 Å². The van der Waals surface area contributed by atoms with E-state index in [1.54, 1.807) is 0 Å². The SMILES string of the molecule is C=CC(=O)Nc1ccc(O)c(C(=O)N2Cc3ccccc3C[C@H]2C(N)=O)c1. The molecule has 4 N–H and O–H groups in total. The van der Waals surface area contributed by atoms with E-state index in [-0.39, 0.29) is 17.9 Å². The first-order chi connectivity index (χ1) is 12.9. The Morgan fingerprint density at radius 2 is 1.89 bits per heavy atom. The fourth-order valence-corrected chi connectivity index (χ4v) is 3.12. The Balaban J connectivity index is 1.96. The fraction of sp³-hybridized carbons (Fsp3) is 0.150. The molecule has 0 spiro atoms. The van der Waals surface area contributed by atoms with Gasteiger partial charge in [0.05, 0.1) is 5.56 Å². The van der Waals surface area contributed by atoms with E-state index < -0.39 is 23.8 Å². The van der Waals surface area contributed by atoms with Gasteiger partial charge in [0.1, 0.15) is 11.8 Å². The number of hydrogen-bond acceptors (Lipinski definition) is 4. The Morgan fingerprint density at radius 3 is 2.56 bits per heavy atom. The smallest absolute Gasteiger partial charge is 0.258 e. The Labute approximate surface area is 156 Å². The molecular weight excluding hydrogens is 346 g/mol. The molecule has 1 aliphatic heterocycles. The zero-order chi connectivity index (χ0) is 19.6. The third-order valence-electron chi connectivity index (χ3n) is 4.52. The molecule has 0 unspecified atom stereocenters. The molecule has 27 heavy (non-hydrogen) atoms. The minimum atomic E-state index is -0.821. The molecule has 2 aromatic carbocycles. The van der Waals surface area contributed by atoms with E-state index in [1.807, 2.05) is 24.3 Å². The number of fused-ring (bicyclic) bond motifs is 1. The second-order valence-corrected chi connectivity index (χ2v) is 6.25. The van der Waals surface area contributed by atoms with Gasteiger partial charge in [0.15, 0.2) is 0 Å². The van der Waals surface area contributed by atoms with E-state index in [9.17, 15) is 19.5 Å². The molecular formula is C20H19N3O4. The number of nitrogens with one attached hydrogen (secondary N) is 1. The van der Waals surface area contributed by atoms with Crippen molar-refractivity contribution in [3.8, 4) is 5.75 Å². The molecule has 3 amide bonds. The van der Waals surface area contributed by atoms with Gasteiger partial charge in [0, 0.05) is 18.7 Å². The van der Waals surface area contributed by atoms with Crippen molar-refractivity contribution >= 4 is 23.4 Å². The van der Waals surface area contributed by atoms with Crippen LogP contribution < -0.4 is 11.1 Å². The third-order valence-corrected chi connectivity index (χ3v) is 4.52. The number of benzene rings is 2. The predicted octanol–water partition coefficient (Wildman–Crippen LogP) is 1.57. The van der Waals surface area contributed by atoms with Crippen LogP contribution in [0.25, 0.3) is 0 Å². The van der Waals surface area contributed by atoms with Gasteiger partial charge in [-0.1, -0.05) is 30.8 Å². The van der Waals surface area contributed by atoms with Gasteiger partial charge in [-0.05, 0) is 35.4 Å². The standard InChI is InChI=1S/C20H19N3O4/c1-2-18(25)22-14-7-8-17(24)15(10-14)20(27)23-11-13-6-4-3-5-12(13)9-16(23)19(21)26/h2-8,10,16,24H,1,9,11H2,(H2,21,26)(H,22,25)/t16-/m0/s1. The molecule has 0 aliphatic carbocycles. The molecule has 0 saturated heterocycles. The van der Waals surface area contributed by atoms with Gasteiger partial charge in [0.2, 0.25) is 11.8 Å². The molecule has 7 nitrogen and oxygen atoms in total. The van der Waals surface area contributed by atoms with Crippen LogP contribution in [-0.2, 0) is 22.6 Å². The molecule has 7 heteroatoms. The van der Waals surface area contributed by atoms with Gasteiger partial charge >= 0.3 is 0 Å². The Morgan fingerprint density at radius 1 is 1.19 bits per heavy atom. The van der Waals surface area contributed by atoms with Gasteiger partial charge in [-0.2, -0.15) is 0 Å². The fourth-order valence-electron chi connectivity index (χ4n) is 3.12. The maximum atomic E-state index is 13.1. The van der Waals surface area contributed by atoms with Crippen LogP contribution in [0.15, 0.2) is 55.1 Å². The summed E-state index contributed by atoms with van der Waals surface area (Å²) in [7, 11) is 0. The highest BCUT2D eigenvalue weighted by Crippen LogP contribution is 2.29. The second-order valence-electron chi connectivity index (χ2n) is 6.25. The number of nitrogens with two attached hydrogens (primary N) is 1. The van der Waals surface area contributed by atoms with Crippen LogP contribution in [0.4, 0.5) is 5.69 Å². The lowest BCUT2D eigenvalue weighted by Gasteiger charge is -2.35.